The highest BCUT2D eigenvalue weighted by Crippen LogP contribution is 2.37. The third-order valence-electron chi connectivity index (χ3n) is 3.83. The summed E-state index contributed by atoms with van der Waals surface area (Å²) in [4.78, 5) is 16.8. The SMILES string of the molecule is CCOC(=O)c1cnc2cc(Br)c(OC)cc2c1Nc1ccc(Cl)c(Cl)c1. The number of rotatable bonds is 5. The molecule has 5 nitrogen and oxygen atoms in total. The average Bonchev–Trinajstić information content (AvgIpc) is 2.64. The van der Waals surface area contributed by atoms with Gasteiger partial charge in [-0.3, -0.25) is 4.98 Å². The lowest BCUT2D eigenvalue weighted by molar-refractivity contribution is 0.0527. The van der Waals surface area contributed by atoms with Crippen LogP contribution in [0.2, 0.25) is 10.0 Å². The van der Waals surface area contributed by atoms with Crippen LogP contribution in [0.1, 0.15) is 17.3 Å². The van der Waals surface area contributed by atoms with Crippen molar-refractivity contribution in [2.75, 3.05) is 19.0 Å². The summed E-state index contributed by atoms with van der Waals surface area (Å²) < 4.78 is 11.3. The van der Waals surface area contributed by atoms with E-state index in [1.807, 2.05) is 6.07 Å². The topological polar surface area (TPSA) is 60.5 Å². The summed E-state index contributed by atoms with van der Waals surface area (Å²) in [6, 6.07) is 8.75. The second-order valence-electron chi connectivity index (χ2n) is 5.53. The normalized spacial score (nSPS) is 10.7. The summed E-state index contributed by atoms with van der Waals surface area (Å²) in [7, 11) is 1.57. The predicted molar refractivity (Wildman–Crippen MR) is 112 cm³/mol. The molecule has 0 radical (unpaired) electrons. The number of nitrogens with zero attached hydrogens (tertiary/aromatic N) is 1. The van der Waals surface area contributed by atoms with Gasteiger partial charge in [0.05, 0.1) is 39.4 Å². The number of benzene rings is 2. The number of aromatic nitrogens is 1. The minimum Gasteiger partial charge on any atom is -0.496 e. The quantitative estimate of drug-likeness (QED) is 0.448. The number of carbonyl (C=O) groups excluding carboxylic acids is 1. The summed E-state index contributed by atoms with van der Waals surface area (Å²) >= 11 is 15.6. The summed E-state index contributed by atoms with van der Waals surface area (Å²) in [5.41, 5.74) is 2.20. The van der Waals surface area contributed by atoms with Crippen LogP contribution in [0, 0.1) is 0 Å². The number of hydrogen-bond donors (Lipinski definition) is 1. The average molecular weight is 470 g/mol. The van der Waals surface area contributed by atoms with Crippen LogP contribution in [-0.2, 0) is 4.74 Å². The number of esters is 1. The number of fused-ring (bicyclic) bond motifs is 1. The van der Waals surface area contributed by atoms with E-state index in [-0.39, 0.29) is 6.61 Å². The van der Waals surface area contributed by atoms with Crippen LogP contribution >= 0.6 is 39.1 Å². The fourth-order valence-corrected chi connectivity index (χ4v) is 3.36. The van der Waals surface area contributed by atoms with Gasteiger partial charge in [0.25, 0.3) is 0 Å². The minimum atomic E-state index is -0.476. The zero-order valence-corrected chi connectivity index (χ0v) is 17.6. The summed E-state index contributed by atoms with van der Waals surface area (Å²) in [5, 5.41) is 4.78. The van der Waals surface area contributed by atoms with E-state index in [0.29, 0.717) is 43.6 Å². The number of pyridine rings is 1. The molecule has 1 heterocycles. The summed E-state index contributed by atoms with van der Waals surface area (Å²) in [6.07, 6.45) is 1.49. The van der Waals surface area contributed by atoms with Gasteiger partial charge in [0.15, 0.2) is 0 Å². The second kappa shape index (κ2) is 8.33. The van der Waals surface area contributed by atoms with E-state index in [0.717, 1.165) is 4.47 Å². The smallest absolute Gasteiger partial charge is 0.341 e. The molecule has 3 rings (SSSR count). The van der Waals surface area contributed by atoms with Crippen LogP contribution in [0.15, 0.2) is 41.0 Å². The molecule has 0 aliphatic rings. The molecule has 0 bridgehead atoms. The summed E-state index contributed by atoms with van der Waals surface area (Å²) in [5.74, 6) is 0.138. The fourth-order valence-electron chi connectivity index (χ4n) is 2.57. The molecular weight excluding hydrogens is 455 g/mol. The first kappa shape index (κ1) is 19.7. The molecule has 0 unspecified atom stereocenters. The van der Waals surface area contributed by atoms with E-state index in [4.69, 9.17) is 32.7 Å². The first-order valence-electron chi connectivity index (χ1n) is 8.00. The third-order valence-corrected chi connectivity index (χ3v) is 5.18. The van der Waals surface area contributed by atoms with E-state index >= 15 is 0 Å². The highest BCUT2D eigenvalue weighted by atomic mass is 79.9. The highest BCUT2D eigenvalue weighted by molar-refractivity contribution is 9.10. The molecule has 0 aliphatic carbocycles. The van der Waals surface area contributed by atoms with E-state index < -0.39 is 5.97 Å². The van der Waals surface area contributed by atoms with Gasteiger partial charge in [-0.1, -0.05) is 23.2 Å². The number of ether oxygens (including phenoxy) is 2. The Morgan fingerprint density at radius 3 is 2.67 bits per heavy atom. The number of anilines is 2. The largest absolute Gasteiger partial charge is 0.496 e. The molecule has 3 aromatic rings. The van der Waals surface area contributed by atoms with Gasteiger partial charge < -0.3 is 14.8 Å². The van der Waals surface area contributed by atoms with Crippen molar-refractivity contribution in [2.45, 2.75) is 6.92 Å². The maximum absolute atomic E-state index is 12.5. The second-order valence-corrected chi connectivity index (χ2v) is 7.19. The van der Waals surface area contributed by atoms with Crippen molar-refractivity contribution in [1.82, 2.24) is 4.98 Å². The predicted octanol–water partition coefficient (Wildman–Crippen LogP) is 6.23. The Labute approximate surface area is 174 Å². The molecule has 1 aromatic heterocycles. The number of halogens is 3. The van der Waals surface area contributed by atoms with Crippen molar-refractivity contribution in [3.63, 3.8) is 0 Å². The Kier molecular flexibility index (Phi) is 6.09. The Morgan fingerprint density at radius 1 is 1.22 bits per heavy atom. The standard InChI is InChI=1S/C19H15BrCl2N2O3/c1-3-27-19(25)12-9-23-16-8-13(20)17(26-2)7-11(16)18(12)24-10-4-5-14(21)15(22)6-10/h4-9H,3H2,1-2H3,(H,23,24). The summed E-state index contributed by atoms with van der Waals surface area (Å²) in [6.45, 7) is 2.01. The lowest BCUT2D eigenvalue weighted by Crippen LogP contribution is -2.09. The van der Waals surface area contributed by atoms with Crippen molar-refractivity contribution in [2.24, 2.45) is 0 Å². The minimum absolute atomic E-state index is 0.257. The van der Waals surface area contributed by atoms with Crippen LogP contribution in [0.3, 0.4) is 0 Å². The Bertz CT molecular complexity index is 1030. The van der Waals surface area contributed by atoms with Gasteiger partial charge in [-0.05, 0) is 53.2 Å². The van der Waals surface area contributed by atoms with Crippen LogP contribution in [0.4, 0.5) is 11.4 Å². The number of nitrogens with one attached hydrogen (secondary N) is 1. The number of methoxy groups -OCH3 is 1. The monoisotopic (exact) mass is 468 g/mol. The maximum atomic E-state index is 12.5. The van der Waals surface area contributed by atoms with Gasteiger partial charge in [0.1, 0.15) is 11.3 Å². The van der Waals surface area contributed by atoms with Gasteiger partial charge >= 0.3 is 5.97 Å². The Morgan fingerprint density at radius 2 is 2.00 bits per heavy atom. The van der Waals surface area contributed by atoms with Gasteiger partial charge in [0.2, 0.25) is 0 Å². The lowest BCUT2D eigenvalue weighted by Gasteiger charge is -2.16. The zero-order chi connectivity index (χ0) is 19.6. The van der Waals surface area contributed by atoms with Crippen LogP contribution < -0.4 is 10.1 Å². The number of hydrogen-bond acceptors (Lipinski definition) is 5. The molecule has 0 spiro atoms. The zero-order valence-electron chi connectivity index (χ0n) is 14.5. The van der Waals surface area contributed by atoms with E-state index in [9.17, 15) is 4.79 Å². The third kappa shape index (κ3) is 4.13. The molecular formula is C19H15BrCl2N2O3. The van der Waals surface area contributed by atoms with Gasteiger partial charge in [0, 0.05) is 17.3 Å². The first-order valence-corrected chi connectivity index (χ1v) is 9.55. The molecule has 0 saturated carbocycles. The molecule has 0 saturated heterocycles. The van der Waals surface area contributed by atoms with Crippen molar-refractivity contribution >= 4 is 67.4 Å². The van der Waals surface area contributed by atoms with Crippen molar-refractivity contribution < 1.29 is 14.3 Å². The van der Waals surface area contributed by atoms with Gasteiger partial charge in [-0.15, -0.1) is 0 Å². The molecule has 0 fully saturated rings. The molecule has 27 heavy (non-hydrogen) atoms. The van der Waals surface area contributed by atoms with Crippen molar-refractivity contribution in [3.05, 3.63) is 56.6 Å². The van der Waals surface area contributed by atoms with Crippen molar-refractivity contribution in [1.29, 1.82) is 0 Å². The van der Waals surface area contributed by atoms with E-state index in [2.05, 4.69) is 26.2 Å². The number of carbonyl (C=O) groups is 1. The Balaban J connectivity index is 2.21. The van der Waals surface area contributed by atoms with Gasteiger partial charge in [-0.25, -0.2) is 4.79 Å². The Hall–Kier alpha value is -2.02. The fraction of sp³-hybridized carbons (Fsp3) is 0.158. The molecule has 1 N–H and O–H groups in total. The first-order chi connectivity index (χ1) is 12.9. The molecule has 0 aliphatic heterocycles. The highest BCUT2D eigenvalue weighted by Gasteiger charge is 2.19. The van der Waals surface area contributed by atoms with E-state index in [1.54, 1.807) is 38.3 Å². The molecule has 140 valence electrons. The van der Waals surface area contributed by atoms with Crippen molar-refractivity contribution in [3.8, 4) is 5.75 Å². The molecule has 2 aromatic carbocycles. The molecule has 0 amide bonds. The van der Waals surface area contributed by atoms with Crippen LogP contribution in [-0.4, -0.2) is 24.7 Å². The molecule has 0 atom stereocenters. The van der Waals surface area contributed by atoms with Crippen LogP contribution in [0.25, 0.3) is 10.9 Å². The maximum Gasteiger partial charge on any atom is 0.341 e. The van der Waals surface area contributed by atoms with Gasteiger partial charge in [-0.2, -0.15) is 0 Å². The van der Waals surface area contributed by atoms with Crippen LogP contribution in [0.5, 0.6) is 5.75 Å². The van der Waals surface area contributed by atoms with E-state index in [1.165, 1.54) is 6.20 Å². The lowest BCUT2D eigenvalue weighted by atomic mass is 10.1. The molecule has 8 heteroatoms.